The molecule has 0 aromatic carbocycles. The first-order chi connectivity index (χ1) is 12.8. The average molecular weight is 377 g/mol. The molecule has 5 rings (SSSR count). The van der Waals surface area contributed by atoms with Crippen molar-refractivity contribution in [1.82, 2.24) is 0 Å². The summed E-state index contributed by atoms with van der Waals surface area (Å²) < 4.78 is 6.45. The lowest BCUT2D eigenvalue weighted by molar-refractivity contribution is -0.228. The standard InChI is InChI=1S/C24H40O3/c1-5-10-27-21-14(2)11-19-20-16-12-18(16)24(26)13-15(25)6-9-23(24,4)17(20)7-8-22(19,21)3/h14-21,25-26H,5-13H2,1-4H3. The average Bonchev–Trinajstić information content (AvgIpc) is 3.37. The highest BCUT2D eigenvalue weighted by atomic mass is 16.5. The van der Waals surface area contributed by atoms with E-state index >= 15 is 0 Å². The maximum Gasteiger partial charge on any atom is 0.0759 e. The SMILES string of the molecule is CCCOC1C(C)CC2C3C4CC4C4(O)CC(O)CCC4(C)C3CCC21C. The molecule has 0 radical (unpaired) electrons. The number of aliphatic hydroxyl groups excluding tert-OH is 1. The van der Waals surface area contributed by atoms with Gasteiger partial charge in [0.05, 0.1) is 17.8 Å². The van der Waals surface area contributed by atoms with Crippen LogP contribution in [0.1, 0.15) is 79.1 Å². The van der Waals surface area contributed by atoms with Gasteiger partial charge >= 0.3 is 0 Å². The van der Waals surface area contributed by atoms with Gasteiger partial charge in [0.1, 0.15) is 0 Å². The van der Waals surface area contributed by atoms with Gasteiger partial charge in [0, 0.05) is 13.0 Å². The van der Waals surface area contributed by atoms with Crippen molar-refractivity contribution >= 4 is 0 Å². The van der Waals surface area contributed by atoms with E-state index < -0.39 is 5.60 Å². The first-order valence-corrected chi connectivity index (χ1v) is 11.8. The van der Waals surface area contributed by atoms with Crippen molar-refractivity contribution < 1.29 is 14.9 Å². The van der Waals surface area contributed by atoms with Crippen LogP contribution in [0.3, 0.4) is 0 Å². The summed E-state index contributed by atoms with van der Waals surface area (Å²) >= 11 is 0. The summed E-state index contributed by atoms with van der Waals surface area (Å²) in [5.74, 6) is 3.95. The molecule has 3 nitrogen and oxygen atoms in total. The van der Waals surface area contributed by atoms with Gasteiger partial charge in [-0.1, -0.05) is 27.7 Å². The van der Waals surface area contributed by atoms with Crippen LogP contribution >= 0.6 is 0 Å². The van der Waals surface area contributed by atoms with Crippen LogP contribution in [0.15, 0.2) is 0 Å². The van der Waals surface area contributed by atoms with Gasteiger partial charge in [-0.25, -0.2) is 0 Å². The number of fused-ring (bicyclic) bond motifs is 8. The molecule has 11 atom stereocenters. The highest BCUT2D eigenvalue weighted by Gasteiger charge is 2.75. The Labute approximate surface area is 165 Å². The van der Waals surface area contributed by atoms with Crippen LogP contribution in [0.4, 0.5) is 0 Å². The molecule has 11 unspecified atom stereocenters. The van der Waals surface area contributed by atoms with Crippen LogP contribution in [-0.2, 0) is 4.74 Å². The summed E-state index contributed by atoms with van der Waals surface area (Å²) in [6.07, 6.45) is 8.73. The Hall–Kier alpha value is -0.120. The fraction of sp³-hybridized carbons (Fsp3) is 1.00. The van der Waals surface area contributed by atoms with E-state index in [1.807, 2.05) is 0 Å². The number of ether oxygens (including phenoxy) is 1. The van der Waals surface area contributed by atoms with E-state index in [1.54, 1.807) is 0 Å². The highest BCUT2D eigenvalue weighted by Crippen LogP contribution is 2.76. The van der Waals surface area contributed by atoms with Crippen LogP contribution in [0, 0.1) is 46.3 Å². The summed E-state index contributed by atoms with van der Waals surface area (Å²) in [4.78, 5) is 0. The smallest absolute Gasteiger partial charge is 0.0759 e. The Bertz CT molecular complexity index is 606. The Morgan fingerprint density at radius 1 is 1.04 bits per heavy atom. The molecular formula is C24H40O3. The van der Waals surface area contributed by atoms with E-state index in [-0.39, 0.29) is 11.5 Å². The highest BCUT2D eigenvalue weighted by molar-refractivity contribution is 5.24. The summed E-state index contributed by atoms with van der Waals surface area (Å²) in [6, 6.07) is 0. The maximum absolute atomic E-state index is 11.8. The number of rotatable bonds is 3. The van der Waals surface area contributed by atoms with Crippen LogP contribution in [0.5, 0.6) is 0 Å². The summed E-state index contributed by atoms with van der Waals surface area (Å²) in [5, 5.41) is 22.1. The molecular weight excluding hydrogens is 336 g/mol. The molecule has 0 aromatic heterocycles. The molecule has 0 amide bonds. The monoisotopic (exact) mass is 376 g/mol. The third kappa shape index (κ3) is 2.31. The normalized spacial score (nSPS) is 61.6. The van der Waals surface area contributed by atoms with Gasteiger partial charge in [0.2, 0.25) is 0 Å². The summed E-state index contributed by atoms with van der Waals surface area (Å²) in [7, 11) is 0. The molecule has 2 N–H and O–H groups in total. The summed E-state index contributed by atoms with van der Waals surface area (Å²) in [6.45, 7) is 10.4. The fourth-order valence-electron chi connectivity index (χ4n) is 9.11. The zero-order valence-electron chi connectivity index (χ0n) is 17.8. The van der Waals surface area contributed by atoms with Gasteiger partial charge in [-0.05, 0) is 91.3 Å². The second-order valence-corrected chi connectivity index (χ2v) is 11.6. The Morgan fingerprint density at radius 3 is 2.56 bits per heavy atom. The van der Waals surface area contributed by atoms with E-state index in [9.17, 15) is 10.2 Å². The predicted molar refractivity (Wildman–Crippen MR) is 106 cm³/mol. The van der Waals surface area contributed by atoms with Gasteiger partial charge in [-0.3, -0.25) is 0 Å². The lowest BCUT2D eigenvalue weighted by Crippen LogP contribution is -2.64. The predicted octanol–water partition coefficient (Wildman–Crippen LogP) is 4.40. The minimum absolute atomic E-state index is 0.00148. The van der Waals surface area contributed by atoms with E-state index in [0.717, 1.165) is 37.7 Å². The molecule has 5 fully saturated rings. The van der Waals surface area contributed by atoms with Gasteiger partial charge < -0.3 is 14.9 Å². The molecule has 5 saturated carbocycles. The van der Waals surface area contributed by atoms with E-state index in [1.165, 1.54) is 25.7 Å². The molecule has 0 spiro atoms. The molecule has 0 heterocycles. The molecule has 0 saturated heterocycles. The van der Waals surface area contributed by atoms with Crippen LogP contribution in [-0.4, -0.2) is 34.6 Å². The van der Waals surface area contributed by atoms with Crippen molar-refractivity contribution in [3.05, 3.63) is 0 Å². The lowest BCUT2D eigenvalue weighted by Gasteiger charge is -2.63. The third-order valence-electron chi connectivity index (χ3n) is 10.4. The van der Waals surface area contributed by atoms with Crippen LogP contribution < -0.4 is 0 Å². The number of aliphatic hydroxyl groups is 2. The second-order valence-electron chi connectivity index (χ2n) is 11.6. The molecule has 5 aliphatic carbocycles. The molecule has 3 heteroatoms. The minimum atomic E-state index is -0.618. The van der Waals surface area contributed by atoms with Crippen molar-refractivity contribution in [2.24, 2.45) is 46.3 Å². The summed E-state index contributed by atoms with van der Waals surface area (Å²) in [5.41, 5.74) is -0.295. The van der Waals surface area contributed by atoms with E-state index in [0.29, 0.717) is 41.6 Å². The van der Waals surface area contributed by atoms with Crippen molar-refractivity contribution in [1.29, 1.82) is 0 Å². The molecule has 0 bridgehead atoms. The Kier molecular flexibility index (Phi) is 4.16. The Balaban J connectivity index is 1.48. The van der Waals surface area contributed by atoms with Crippen molar-refractivity contribution in [3.63, 3.8) is 0 Å². The van der Waals surface area contributed by atoms with Gasteiger partial charge in [0.15, 0.2) is 0 Å². The fourth-order valence-corrected chi connectivity index (χ4v) is 9.11. The van der Waals surface area contributed by atoms with Crippen LogP contribution in [0.2, 0.25) is 0 Å². The lowest BCUT2D eigenvalue weighted by atomic mass is 9.43. The van der Waals surface area contributed by atoms with Crippen molar-refractivity contribution in [2.75, 3.05) is 6.61 Å². The van der Waals surface area contributed by atoms with E-state index in [2.05, 4.69) is 27.7 Å². The minimum Gasteiger partial charge on any atom is -0.393 e. The number of hydrogen-bond donors (Lipinski definition) is 2. The first kappa shape index (κ1) is 18.9. The molecule has 27 heavy (non-hydrogen) atoms. The van der Waals surface area contributed by atoms with Crippen molar-refractivity contribution in [2.45, 2.75) is 96.9 Å². The Morgan fingerprint density at radius 2 is 1.81 bits per heavy atom. The number of hydrogen-bond acceptors (Lipinski definition) is 3. The van der Waals surface area contributed by atoms with Gasteiger partial charge in [-0.15, -0.1) is 0 Å². The maximum atomic E-state index is 11.8. The van der Waals surface area contributed by atoms with Gasteiger partial charge in [-0.2, -0.15) is 0 Å². The zero-order valence-corrected chi connectivity index (χ0v) is 17.8. The molecule has 5 aliphatic rings. The van der Waals surface area contributed by atoms with E-state index in [4.69, 9.17) is 4.74 Å². The quantitative estimate of drug-likeness (QED) is 0.767. The third-order valence-corrected chi connectivity index (χ3v) is 10.4. The zero-order chi connectivity index (χ0) is 19.2. The topological polar surface area (TPSA) is 49.7 Å². The molecule has 154 valence electrons. The largest absolute Gasteiger partial charge is 0.393 e. The second kappa shape index (κ2) is 5.95. The van der Waals surface area contributed by atoms with Crippen LogP contribution in [0.25, 0.3) is 0 Å². The first-order valence-electron chi connectivity index (χ1n) is 11.8. The molecule has 0 aliphatic heterocycles. The molecule has 0 aromatic rings. The van der Waals surface area contributed by atoms with Crippen molar-refractivity contribution in [3.8, 4) is 0 Å². The van der Waals surface area contributed by atoms with Gasteiger partial charge in [0.25, 0.3) is 0 Å².